The summed E-state index contributed by atoms with van der Waals surface area (Å²) in [5.74, 6) is 0. The Morgan fingerprint density at radius 3 is 2.81 bits per heavy atom. The molecule has 0 unspecified atom stereocenters. The molecule has 1 saturated carbocycles. The molecule has 5 heteroatoms. The van der Waals surface area contributed by atoms with Crippen molar-refractivity contribution in [2.45, 2.75) is 62.5 Å². The van der Waals surface area contributed by atoms with Crippen molar-refractivity contribution >= 4 is 0 Å². The van der Waals surface area contributed by atoms with E-state index in [1.807, 2.05) is 30.2 Å². The summed E-state index contributed by atoms with van der Waals surface area (Å²) in [4.78, 5) is 4.77. The van der Waals surface area contributed by atoms with Crippen LogP contribution in [0.2, 0.25) is 0 Å². The monoisotopic (exact) mass is 354 g/mol. The van der Waals surface area contributed by atoms with E-state index in [1.165, 1.54) is 31.4 Å². The first kappa shape index (κ1) is 17.7. The Balaban J connectivity index is 1.46. The lowest BCUT2D eigenvalue weighted by Gasteiger charge is -2.46. The van der Waals surface area contributed by atoms with Crippen LogP contribution in [-0.4, -0.2) is 33.5 Å². The summed E-state index contributed by atoms with van der Waals surface area (Å²) in [5.41, 5.74) is 2.56. The van der Waals surface area contributed by atoms with E-state index in [0.717, 1.165) is 44.7 Å². The molecule has 2 aromatic rings. The Morgan fingerprint density at radius 2 is 2.08 bits per heavy atom. The van der Waals surface area contributed by atoms with Crippen molar-refractivity contribution in [1.29, 1.82) is 0 Å². The Hall–Kier alpha value is -1.72. The molecular weight excluding hydrogens is 324 g/mol. The summed E-state index contributed by atoms with van der Waals surface area (Å²) < 4.78 is 8.18. The van der Waals surface area contributed by atoms with Crippen LogP contribution in [0.15, 0.2) is 36.7 Å². The van der Waals surface area contributed by atoms with Crippen molar-refractivity contribution in [2.24, 2.45) is 7.05 Å². The van der Waals surface area contributed by atoms with Gasteiger partial charge in [-0.1, -0.05) is 18.9 Å². The van der Waals surface area contributed by atoms with Crippen LogP contribution in [0.3, 0.4) is 0 Å². The Kier molecular flexibility index (Phi) is 5.09. The van der Waals surface area contributed by atoms with Crippen molar-refractivity contribution in [2.75, 3.05) is 13.2 Å². The predicted molar refractivity (Wildman–Crippen MR) is 102 cm³/mol. The van der Waals surface area contributed by atoms with Gasteiger partial charge in [0.2, 0.25) is 0 Å². The first-order valence-electron chi connectivity index (χ1n) is 9.95. The van der Waals surface area contributed by atoms with E-state index in [-0.39, 0.29) is 11.0 Å². The highest BCUT2D eigenvalue weighted by atomic mass is 16.5. The van der Waals surface area contributed by atoms with Crippen molar-refractivity contribution in [1.82, 2.24) is 20.1 Å². The van der Waals surface area contributed by atoms with E-state index >= 15 is 0 Å². The van der Waals surface area contributed by atoms with Gasteiger partial charge in [-0.15, -0.1) is 0 Å². The molecule has 1 saturated heterocycles. The quantitative estimate of drug-likeness (QED) is 0.808. The van der Waals surface area contributed by atoms with Crippen LogP contribution < -0.4 is 5.32 Å². The Labute approximate surface area is 156 Å². The van der Waals surface area contributed by atoms with Gasteiger partial charge >= 0.3 is 0 Å². The molecule has 2 aromatic heterocycles. The van der Waals surface area contributed by atoms with Crippen LogP contribution in [0.5, 0.6) is 0 Å². The molecule has 140 valence electrons. The van der Waals surface area contributed by atoms with Crippen LogP contribution >= 0.6 is 0 Å². The fourth-order valence-electron chi connectivity index (χ4n) is 4.90. The van der Waals surface area contributed by atoms with Gasteiger partial charge in [0.1, 0.15) is 0 Å². The van der Waals surface area contributed by atoms with Gasteiger partial charge in [0.15, 0.2) is 0 Å². The molecule has 0 aromatic carbocycles. The molecule has 1 spiro atoms. The number of nitrogens with one attached hydrogen (secondary N) is 1. The van der Waals surface area contributed by atoms with Crippen LogP contribution in [0.25, 0.3) is 0 Å². The summed E-state index contributed by atoms with van der Waals surface area (Å²) in [7, 11) is 1.96. The lowest BCUT2D eigenvalue weighted by atomic mass is 9.68. The number of rotatable bonds is 6. The lowest BCUT2D eigenvalue weighted by Crippen LogP contribution is -2.47. The lowest BCUT2D eigenvalue weighted by molar-refractivity contribution is -0.104. The first-order chi connectivity index (χ1) is 12.7. The predicted octanol–water partition coefficient (Wildman–Crippen LogP) is 3.36. The first-order valence-corrected chi connectivity index (χ1v) is 9.95. The summed E-state index contributed by atoms with van der Waals surface area (Å²) in [6, 6.07) is 8.43. The molecule has 1 N–H and O–H groups in total. The zero-order valence-electron chi connectivity index (χ0n) is 15.8. The molecule has 1 aliphatic carbocycles. The molecule has 4 rings (SSSR count). The largest absolute Gasteiger partial charge is 0.375 e. The normalized spacial score (nSPS) is 25.0. The highest BCUT2D eigenvalue weighted by molar-refractivity contribution is 5.20. The Bertz CT molecular complexity index is 708. The maximum atomic E-state index is 6.32. The third-order valence-corrected chi connectivity index (χ3v) is 6.23. The van der Waals surface area contributed by atoms with Gasteiger partial charge in [-0.25, -0.2) is 0 Å². The fourth-order valence-corrected chi connectivity index (χ4v) is 4.90. The summed E-state index contributed by atoms with van der Waals surface area (Å²) in [5, 5.41) is 8.04. The number of aryl methyl sites for hydroxylation is 1. The number of nitrogens with zero attached hydrogens (tertiary/aromatic N) is 3. The van der Waals surface area contributed by atoms with Gasteiger partial charge in [0.25, 0.3) is 0 Å². The second-order valence-electron chi connectivity index (χ2n) is 8.07. The molecule has 0 bridgehead atoms. The number of aromatic nitrogens is 3. The molecule has 2 fully saturated rings. The minimum absolute atomic E-state index is 0.0940. The summed E-state index contributed by atoms with van der Waals surface area (Å²) in [6.45, 7) is 2.65. The molecule has 1 atom stereocenters. The molecule has 0 radical (unpaired) electrons. The third-order valence-electron chi connectivity index (χ3n) is 6.23. The third kappa shape index (κ3) is 3.69. The molecule has 1 aliphatic heterocycles. The smallest absolute Gasteiger partial charge is 0.0762 e. The second-order valence-corrected chi connectivity index (χ2v) is 8.07. The number of hydrogen-bond donors (Lipinski definition) is 1. The topological polar surface area (TPSA) is 52.0 Å². The van der Waals surface area contributed by atoms with Crippen LogP contribution in [0.4, 0.5) is 0 Å². The minimum Gasteiger partial charge on any atom is -0.375 e. The number of ether oxygens (including phenoxy) is 1. The van der Waals surface area contributed by atoms with Gasteiger partial charge in [-0.3, -0.25) is 9.67 Å². The summed E-state index contributed by atoms with van der Waals surface area (Å²) in [6.07, 6.45) is 12.2. The fraction of sp³-hybridized carbons (Fsp3) is 0.619. The Morgan fingerprint density at radius 1 is 1.19 bits per heavy atom. The van der Waals surface area contributed by atoms with Crippen molar-refractivity contribution in [3.63, 3.8) is 0 Å². The molecule has 3 heterocycles. The van der Waals surface area contributed by atoms with Crippen LogP contribution in [0.1, 0.15) is 56.3 Å². The maximum Gasteiger partial charge on any atom is 0.0762 e. The van der Waals surface area contributed by atoms with E-state index in [9.17, 15) is 0 Å². The zero-order valence-corrected chi connectivity index (χ0v) is 15.8. The van der Waals surface area contributed by atoms with Crippen LogP contribution in [-0.2, 0) is 23.7 Å². The maximum absolute atomic E-state index is 6.32. The highest BCUT2D eigenvalue weighted by Crippen LogP contribution is 2.49. The van der Waals surface area contributed by atoms with Gasteiger partial charge in [-0.2, -0.15) is 5.10 Å². The molecule has 26 heavy (non-hydrogen) atoms. The van der Waals surface area contributed by atoms with Crippen molar-refractivity contribution in [3.8, 4) is 0 Å². The number of hydrogen-bond acceptors (Lipinski definition) is 4. The molecule has 5 nitrogen and oxygen atoms in total. The molecular formula is C21H30N4O. The van der Waals surface area contributed by atoms with Crippen molar-refractivity contribution in [3.05, 3.63) is 48.0 Å². The molecule has 0 amide bonds. The van der Waals surface area contributed by atoms with E-state index in [4.69, 9.17) is 9.72 Å². The second kappa shape index (κ2) is 7.49. The van der Waals surface area contributed by atoms with Gasteiger partial charge in [0, 0.05) is 43.7 Å². The van der Waals surface area contributed by atoms with Crippen LogP contribution in [0, 0.1) is 0 Å². The van der Waals surface area contributed by atoms with Gasteiger partial charge in [0.05, 0.1) is 11.3 Å². The summed E-state index contributed by atoms with van der Waals surface area (Å²) >= 11 is 0. The SMILES string of the molecule is Cn1ccc(CNCC[C@]2(c3ccccn3)CCOC3(CCCC3)C2)n1. The van der Waals surface area contributed by atoms with Gasteiger partial charge < -0.3 is 10.1 Å². The van der Waals surface area contributed by atoms with E-state index in [1.54, 1.807) is 0 Å². The standard InChI is InChI=1S/C21H30N4O/c1-25-14-7-18(24-25)16-22-13-10-20(19-6-2-5-12-23-19)11-15-26-21(17-20)8-3-4-9-21/h2,5-7,12,14,22H,3-4,8-11,13,15-17H2,1H3/t20-/m0/s1. The average Bonchev–Trinajstić information content (AvgIpc) is 3.29. The van der Waals surface area contributed by atoms with Crippen molar-refractivity contribution < 1.29 is 4.74 Å². The molecule has 2 aliphatic rings. The van der Waals surface area contributed by atoms with Gasteiger partial charge in [-0.05, 0) is 56.8 Å². The minimum atomic E-state index is 0.0940. The van der Waals surface area contributed by atoms with E-state index in [0.29, 0.717) is 0 Å². The van der Waals surface area contributed by atoms with E-state index in [2.05, 4.69) is 28.6 Å². The number of pyridine rings is 1. The van der Waals surface area contributed by atoms with E-state index < -0.39 is 0 Å². The zero-order chi connectivity index (χ0) is 17.9. The average molecular weight is 354 g/mol. The highest BCUT2D eigenvalue weighted by Gasteiger charge is 2.48.